The van der Waals surface area contributed by atoms with Gasteiger partial charge in [-0.1, -0.05) is 6.07 Å². The highest BCUT2D eigenvalue weighted by molar-refractivity contribution is 6.02. The van der Waals surface area contributed by atoms with E-state index < -0.39 is 11.7 Å². The summed E-state index contributed by atoms with van der Waals surface area (Å²) >= 11 is 0. The molecule has 0 aliphatic heterocycles. The molecule has 2 aromatic rings. The molecule has 0 radical (unpaired) electrons. The summed E-state index contributed by atoms with van der Waals surface area (Å²) in [7, 11) is 0. The van der Waals surface area contributed by atoms with Gasteiger partial charge >= 0.3 is 5.97 Å². The number of H-pyrrole nitrogens is 1. The summed E-state index contributed by atoms with van der Waals surface area (Å²) in [6, 6.07) is 4.50. The Balaban J connectivity index is 0.00000112. The number of rotatable bonds is 1. The zero-order valence-corrected chi connectivity index (χ0v) is 7.48. The van der Waals surface area contributed by atoms with E-state index in [4.69, 9.17) is 5.11 Å². The van der Waals surface area contributed by atoms with Gasteiger partial charge in [-0.05, 0) is 12.1 Å². The van der Waals surface area contributed by atoms with Crippen molar-refractivity contribution < 1.29 is 25.6 Å². The zero-order valence-electron chi connectivity index (χ0n) is 7.48. The first-order chi connectivity index (χ1) is 6.61. The SMILES string of the molecule is O.O=C(O)c1[nH]c2cccc(O)c2c1O. The van der Waals surface area contributed by atoms with E-state index in [1.807, 2.05) is 0 Å². The molecule has 0 aliphatic carbocycles. The smallest absolute Gasteiger partial charge is 0.356 e. The van der Waals surface area contributed by atoms with Crippen LogP contribution in [0.25, 0.3) is 10.9 Å². The predicted octanol–water partition coefficient (Wildman–Crippen LogP) is 0.453. The Kier molecular flexibility index (Phi) is 2.54. The van der Waals surface area contributed by atoms with Crippen molar-refractivity contribution in [2.45, 2.75) is 0 Å². The number of hydrogen-bond donors (Lipinski definition) is 4. The Labute approximate surface area is 83.7 Å². The fraction of sp³-hybridized carbons (Fsp3) is 0. The molecule has 6 heteroatoms. The summed E-state index contributed by atoms with van der Waals surface area (Å²) < 4.78 is 0. The van der Waals surface area contributed by atoms with Crippen LogP contribution in [0.3, 0.4) is 0 Å². The summed E-state index contributed by atoms with van der Waals surface area (Å²) in [6.07, 6.45) is 0. The first kappa shape index (κ1) is 10.9. The first-order valence-electron chi connectivity index (χ1n) is 3.87. The number of hydrogen-bond acceptors (Lipinski definition) is 3. The van der Waals surface area contributed by atoms with Gasteiger partial charge in [-0.25, -0.2) is 4.79 Å². The molecule has 0 aliphatic rings. The summed E-state index contributed by atoms with van der Waals surface area (Å²) in [5.41, 5.74) is 0.0707. The molecule has 0 saturated heterocycles. The van der Waals surface area contributed by atoms with Crippen LogP contribution in [-0.4, -0.2) is 31.7 Å². The van der Waals surface area contributed by atoms with E-state index >= 15 is 0 Å². The maximum atomic E-state index is 10.6. The average Bonchev–Trinajstić information content (AvgIpc) is 2.45. The Morgan fingerprint density at radius 1 is 1.27 bits per heavy atom. The largest absolute Gasteiger partial charge is 0.507 e. The lowest BCUT2D eigenvalue weighted by Gasteiger charge is -1.93. The van der Waals surface area contributed by atoms with Crippen molar-refractivity contribution >= 4 is 16.9 Å². The molecule has 0 unspecified atom stereocenters. The molecule has 2 rings (SSSR count). The second-order valence-corrected chi connectivity index (χ2v) is 2.85. The summed E-state index contributed by atoms with van der Waals surface area (Å²) in [5, 5.41) is 27.7. The molecule has 15 heavy (non-hydrogen) atoms. The molecule has 0 saturated carbocycles. The second kappa shape index (κ2) is 3.50. The van der Waals surface area contributed by atoms with E-state index in [9.17, 15) is 15.0 Å². The quantitative estimate of drug-likeness (QED) is 0.546. The normalized spacial score (nSPS) is 9.87. The molecule has 80 valence electrons. The van der Waals surface area contributed by atoms with E-state index in [2.05, 4.69) is 4.98 Å². The van der Waals surface area contributed by atoms with Crippen LogP contribution in [0.1, 0.15) is 10.5 Å². The van der Waals surface area contributed by atoms with Gasteiger partial charge in [0.2, 0.25) is 0 Å². The zero-order chi connectivity index (χ0) is 10.3. The van der Waals surface area contributed by atoms with Crippen molar-refractivity contribution in [3.63, 3.8) is 0 Å². The minimum atomic E-state index is -1.27. The lowest BCUT2D eigenvalue weighted by Crippen LogP contribution is -1.95. The van der Waals surface area contributed by atoms with Gasteiger partial charge in [0.15, 0.2) is 11.4 Å². The third kappa shape index (κ3) is 1.46. The van der Waals surface area contributed by atoms with Crippen molar-refractivity contribution in [1.29, 1.82) is 0 Å². The van der Waals surface area contributed by atoms with Crippen molar-refractivity contribution in [2.24, 2.45) is 0 Å². The number of aromatic amines is 1. The summed E-state index contributed by atoms with van der Waals surface area (Å²) in [4.78, 5) is 13.1. The minimum absolute atomic E-state index is 0. The number of fused-ring (bicyclic) bond motifs is 1. The molecule has 0 amide bonds. The van der Waals surface area contributed by atoms with Crippen LogP contribution in [0.2, 0.25) is 0 Å². The van der Waals surface area contributed by atoms with Gasteiger partial charge in [-0.15, -0.1) is 0 Å². The molecule has 6 N–H and O–H groups in total. The number of carbonyl (C=O) groups is 1. The molecule has 1 aromatic heterocycles. The fourth-order valence-electron chi connectivity index (χ4n) is 1.37. The number of benzene rings is 1. The molecule has 0 atom stereocenters. The number of aromatic nitrogens is 1. The number of aromatic hydroxyl groups is 2. The third-order valence-corrected chi connectivity index (χ3v) is 1.99. The maximum absolute atomic E-state index is 10.6. The van der Waals surface area contributed by atoms with Gasteiger partial charge in [-0.2, -0.15) is 0 Å². The van der Waals surface area contributed by atoms with Gasteiger partial charge in [-0.3, -0.25) is 0 Å². The van der Waals surface area contributed by atoms with E-state index in [0.717, 1.165) is 0 Å². The molecule has 1 heterocycles. The van der Waals surface area contributed by atoms with Crippen molar-refractivity contribution in [2.75, 3.05) is 0 Å². The van der Waals surface area contributed by atoms with Crippen molar-refractivity contribution in [3.05, 3.63) is 23.9 Å². The topological polar surface area (TPSA) is 125 Å². The molecule has 0 bridgehead atoms. The Morgan fingerprint density at radius 2 is 1.93 bits per heavy atom. The molecule has 6 nitrogen and oxygen atoms in total. The van der Waals surface area contributed by atoms with Crippen LogP contribution in [-0.2, 0) is 0 Å². The van der Waals surface area contributed by atoms with Crippen molar-refractivity contribution in [1.82, 2.24) is 4.98 Å². The number of aromatic carboxylic acids is 1. The van der Waals surface area contributed by atoms with E-state index in [1.165, 1.54) is 6.07 Å². The van der Waals surface area contributed by atoms with Gasteiger partial charge in [0.25, 0.3) is 0 Å². The average molecular weight is 211 g/mol. The fourth-order valence-corrected chi connectivity index (χ4v) is 1.37. The monoisotopic (exact) mass is 211 g/mol. The second-order valence-electron chi connectivity index (χ2n) is 2.85. The Morgan fingerprint density at radius 3 is 2.47 bits per heavy atom. The standard InChI is InChI=1S/C9H7NO4.H2O/c11-5-3-1-2-4-6(5)8(12)7(10-4)9(13)14;/h1-3,10-12H,(H,13,14);1H2. The van der Waals surface area contributed by atoms with Crippen LogP contribution < -0.4 is 0 Å². The number of phenolic OH excluding ortho intramolecular Hbond substituents is 1. The van der Waals surface area contributed by atoms with Crippen molar-refractivity contribution in [3.8, 4) is 11.5 Å². The lowest BCUT2D eigenvalue weighted by molar-refractivity contribution is 0.0688. The number of phenols is 1. The summed E-state index contributed by atoms with van der Waals surface area (Å²) in [5.74, 6) is -1.85. The van der Waals surface area contributed by atoms with E-state index in [-0.39, 0.29) is 22.3 Å². The molecular weight excluding hydrogens is 202 g/mol. The maximum Gasteiger partial charge on any atom is 0.356 e. The minimum Gasteiger partial charge on any atom is -0.507 e. The van der Waals surface area contributed by atoms with E-state index in [1.54, 1.807) is 12.1 Å². The highest BCUT2D eigenvalue weighted by Crippen LogP contribution is 2.35. The van der Waals surface area contributed by atoms with Gasteiger partial charge in [0.05, 0.1) is 10.9 Å². The highest BCUT2D eigenvalue weighted by atomic mass is 16.4. The molecular formula is C9H9NO5. The van der Waals surface area contributed by atoms with Crippen LogP contribution in [0, 0.1) is 0 Å². The number of carboxylic acids is 1. The number of nitrogens with one attached hydrogen (secondary N) is 1. The first-order valence-corrected chi connectivity index (χ1v) is 3.87. The Bertz CT molecular complexity index is 516. The lowest BCUT2D eigenvalue weighted by atomic mass is 10.2. The predicted molar refractivity (Wildman–Crippen MR) is 52.2 cm³/mol. The van der Waals surface area contributed by atoms with Crippen LogP contribution in [0.5, 0.6) is 11.5 Å². The number of carboxylic acid groups (broad SMARTS) is 1. The Hall–Kier alpha value is -2.21. The third-order valence-electron chi connectivity index (χ3n) is 1.99. The molecule has 0 spiro atoms. The highest BCUT2D eigenvalue weighted by Gasteiger charge is 2.18. The molecule has 0 fully saturated rings. The van der Waals surface area contributed by atoms with Crippen LogP contribution >= 0.6 is 0 Å². The van der Waals surface area contributed by atoms with Crippen LogP contribution in [0.4, 0.5) is 0 Å². The van der Waals surface area contributed by atoms with Gasteiger partial charge in [0.1, 0.15) is 5.75 Å². The van der Waals surface area contributed by atoms with Gasteiger partial charge in [0, 0.05) is 0 Å². The summed E-state index contributed by atoms with van der Waals surface area (Å²) in [6.45, 7) is 0. The van der Waals surface area contributed by atoms with Gasteiger partial charge < -0.3 is 25.8 Å². The van der Waals surface area contributed by atoms with Crippen LogP contribution in [0.15, 0.2) is 18.2 Å². The van der Waals surface area contributed by atoms with E-state index in [0.29, 0.717) is 5.52 Å². The molecule has 1 aromatic carbocycles.